The number of anilines is 2. The van der Waals surface area contributed by atoms with E-state index >= 15 is 0 Å². The van der Waals surface area contributed by atoms with Crippen LogP contribution in [0.4, 0.5) is 11.5 Å². The van der Waals surface area contributed by atoms with Gasteiger partial charge in [-0.3, -0.25) is 0 Å². The maximum absolute atomic E-state index is 11.1. The molecule has 0 unspecified atom stereocenters. The first kappa shape index (κ1) is 19.8. The summed E-state index contributed by atoms with van der Waals surface area (Å²) in [5.74, 6) is 0.542. The monoisotopic (exact) mass is 393 g/mol. The van der Waals surface area contributed by atoms with Crippen LogP contribution in [0.15, 0.2) is 42.5 Å². The van der Waals surface area contributed by atoms with Crippen LogP contribution in [-0.2, 0) is 12.8 Å². The number of hydrogen-bond donors (Lipinski definition) is 2. The number of aromatic carboxylic acids is 1. The molecule has 3 rings (SSSR count). The zero-order valence-electron chi connectivity index (χ0n) is 16.2. The van der Waals surface area contributed by atoms with Crippen molar-refractivity contribution in [1.82, 2.24) is 9.97 Å². The molecule has 6 heteroatoms. The third-order valence-electron chi connectivity index (χ3n) is 4.35. The van der Waals surface area contributed by atoms with Crippen molar-refractivity contribution < 1.29 is 9.90 Å². The molecule has 28 heavy (non-hydrogen) atoms. The van der Waals surface area contributed by atoms with Gasteiger partial charge in [0.1, 0.15) is 5.82 Å². The number of nitrogens with one attached hydrogen (secondary N) is 1. The highest BCUT2D eigenvalue weighted by molar-refractivity contribution is 7.16. The molecular weight excluding hydrogens is 370 g/mol. The molecule has 2 heterocycles. The van der Waals surface area contributed by atoms with Crippen molar-refractivity contribution in [2.75, 3.05) is 5.32 Å². The molecule has 0 aliphatic rings. The second-order valence-corrected chi connectivity index (χ2v) is 7.35. The Balaban J connectivity index is 2.01. The zero-order valence-corrected chi connectivity index (χ0v) is 17.0. The lowest BCUT2D eigenvalue weighted by molar-refractivity contribution is 0.0697. The highest BCUT2D eigenvalue weighted by atomic mass is 32.1. The van der Waals surface area contributed by atoms with Gasteiger partial charge in [0, 0.05) is 21.8 Å². The van der Waals surface area contributed by atoms with Crippen molar-refractivity contribution in [3.05, 3.63) is 64.2 Å². The summed E-state index contributed by atoms with van der Waals surface area (Å²) in [7, 11) is 0. The molecule has 144 valence electrons. The topological polar surface area (TPSA) is 75.1 Å². The molecule has 0 fully saturated rings. The molecule has 0 bridgehead atoms. The molecular formula is C22H23N3O2S. The lowest BCUT2D eigenvalue weighted by Crippen LogP contribution is -2.07. The molecule has 0 atom stereocenters. The van der Waals surface area contributed by atoms with E-state index in [4.69, 9.17) is 15.1 Å². The zero-order chi connectivity index (χ0) is 20.1. The van der Waals surface area contributed by atoms with E-state index in [-0.39, 0.29) is 5.56 Å². The summed E-state index contributed by atoms with van der Waals surface area (Å²) in [6.07, 6.45) is 5.71. The number of thiophene rings is 1. The molecule has 5 nitrogen and oxygen atoms in total. The van der Waals surface area contributed by atoms with E-state index < -0.39 is 5.97 Å². The summed E-state index contributed by atoms with van der Waals surface area (Å²) >= 11 is 1.66. The molecule has 0 radical (unpaired) electrons. The van der Waals surface area contributed by atoms with Crippen molar-refractivity contribution in [3.8, 4) is 10.7 Å². The number of carboxylic acid groups (broad SMARTS) is 1. The van der Waals surface area contributed by atoms with Gasteiger partial charge in [-0.2, -0.15) is 0 Å². The van der Waals surface area contributed by atoms with Crippen molar-refractivity contribution in [1.29, 1.82) is 0 Å². The number of allylic oxidation sites excluding steroid dienone is 1. The SMILES string of the molecule is C/C=C\c1ccc(-c2nc(CC)c(CC)c(Nc3ccc(C(=O)O)cc3)n2)s1. The van der Waals surface area contributed by atoms with E-state index in [0.717, 1.165) is 45.4 Å². The Morgan fingerprint density at radius 2 is 1.86 bits per heavy atom. The van der Waals surface area contributed by atoms with Gasteiger partial charge in [0.25, 0.3) is 0 Å². The molecule has 0 spiro atoms. The summed E-state index contributed by atoms with van der Waals surface area (Å²) in [5.41, 5.74) is 3.16. The number of nitrogens with zero attached hydrogens (tertiary/aromatic N) is 2. The van der Waals surface area contributed by atoms with Crippen LogP contribution in [0.1, 0.15) is 47.3 Å². The number of carbonyl (C=O) groups is 1. The molecule has 0 saturated carbocycles. The number of aromatic nitrogens is 2. The summed E-state index contributed by atoms with van der Waals surface area (Å²) in [6, 6.07) is 10.8. The summed E-state index contributed by atoms with van der Waals surface area (Å²) < 4.78 is 0. The van der Waals surface area contributed by atoms with Gasteiger partial charge < -0.3 is 10.4 Å². The number of hydrogen-bond acceptors (Lipinski definition) is 5. The highest BCUT2D eigenvalue weighted by Gasteiger charge is 2.15. The van der Waals surface area contributed by atoms with Crippen LogP contribution in [0, 0.1) is 0 Å². The minimum absolute atomic E-state index is 0.258. The van der Waals surface area contributed by atoms with E-state index in [1.54, 1.807) is 35.6 Å². The van der Waals surface area contributed by atoms with Crippen LogP contribution < -0.4 is 5.32 Å². The Labute approximate surface area is 168 Å². The van der Waals surface area contributed by atoms with E-state index in [0.29, 0.717) is 5.82 Å². The molecule has 0 aliphatic heterocycles. The predicted molar refractivity (Wildman–Crippen MR) is 115 cm³/mol. The lowest BCUT2D eigenvalue weighted by atomic mass is 10.1. The minimum atomic E-state index is -0.937. The maximum atomic E-state index is 11.1. The maximum Gasteiger partial charge on any atom is 0.335 e. The van der Waals surface area contributed by atoms with E-state index in [1.165, 1.54) is 0 Å². The second-order valence-electron chi connectivity index (χ2n) is 6.24. The van der Waals surface area contributed by atoms with Crippen molar-refractivity contribution >= 4 is 34.9 Å². The summed E-state index contributed by atoms with van der Waals surface area (Å²) in [4.78, 5) is 22.8. The first-order chi connectivity index (χ1) is 13.5. The Hall–Kier alpha value is -2.99. The molecule has 0 saturated heterocycles. The smallest absolute Gasteiger partial charge is 0.335 e. The average molecular weight is 394 g/mol. The highest BCUT2D eigenvalue weighted by Crippen LogP contribution is 2.30. The van der Waals surface area contributed by atoms with Crippen molar-refractivity contribution in [2.24, 2.45) is 0 Å². The number of rotatable bonds is 7. The van der Waals surface area contributed by atoms with Gasteiger partial charge in [-0.1, -0.05) is 19.9 Å². The minimum Gasteiger partial charge on any atom is -0.478 e. The van der Waals surface area contributed by atoms with Crippen LogP contribution in [0.3, 0.4) is 0 Å². The first-order valence-electron chi connectivity index (χ1n) is 9.28. The van der Waals surface area contributed by atoms with Crippen LogP contribution >= 0.6 is 11.3 Å². The number of carboxylic acids is 1. The van der Waals surface area contributed by atoms with Crippen molar-refractivity contribution in [2.45, 2.75) is 33.6 Å². The van der Waals surface area contributed by atoms with E-state index in [9.17, 15) is 4.79 Å². The van der Waals surface area contributed by atoms with Gasteiger partial charge in [-0.05, 0) is 62.2 Å². The third-order valence-corrected chi connectivity index (χ3v) is 5.40. The molecule has 1 aromatic carbocycles. The third kappa shape index (κ3) is 4.28. The Morgan fingerprint density at radius 3 is 2.46 bits per heavy atom. The fraction of sp³-hybridized carbons (Fsp3) is 0.227. The van der Waals surface area contributed by atoms with Gasteiger partial charge in [-0.15, -0.1) is 11.3 Å². The molecule has 0 amide bonds. The van der Waals surface area contributed by atoms with Crippen molar-refractivity contribution in [3.63, 3.8) is 0 Å². The number of benzene rings is 1. The van der Waals surface area contributed by atoms with Gasteiger partial charge in [0.2, 0.25) is 0 Å². The lowest BCUT2D eigenvalue weighted by Gasteiger charge is -2.15. The fourth-order valence-corrected chi connectivity index (χ4v) is 3.88. The first-order valence-corrected chi connectivity index (χ1v) is 10.1. The van der Waals surface area contributed by atoms with Crippen LogP contribution in [0.5, 0.6) is 0 Å². The van der Waals surface area contributed by atoms with Crippen LogP contribution in [-0.4, -0.2) is 21.0 Å². The Bertz CT molecular complexity index is 1010. The Kier molecular flexibility index (Phi) is 6.21. The van der Waals surface area contributed by atoms with Crippen LogP contribution in [0.2, 0.25) is 0 Å². The number of aryl methyl sites for hydroxylation is 1. The van der Waals surface area contributed by atoms with Gasteiger partial charge >= 0.3 is 5.97 Å². The van der Waals surface area contributed by atoms with Gasteiger partial charge in [-0.25, -0.2) is 14.8 Å². The van der Waals surface area contributed by atoms with Crippen LogP contribution in [0.25, 0.3) is 16.8 Å². The molecule has 0 aliphatic carbocycles. The van der Waals surface area contributed by atoms with E-state index in [1.807, 2.05) is 19.1 Å². The standard InChI is InChI=1S/C22H23N3O2S/c1-4-7-16-12-13-19(28-16)21-24-18(6-3)17(5-2)20(25-21)23-15-10-8-14(9-11-15)22(26)27/h4,7-13H,5-6H2,1-3H3,(H,26,27)(H,23,24,25)/b7-4-. The molecule has 3 aromatic rings. The average Bonchev–Trinajstić information content (AvgIpc) is 3.16. The summed E-state index contributed by atoms with van der Waals surface area (Å²) in [5, 5.41) is 12.4. The van der Waals surface area contributed by atoms with Gasteiger partial charge in [0.05, 0.1) is 10.4 Å². The fourth-order valence-electron chi connectivity index (χ4n) is 2.97. The molecule has 2 N–H and O–H groups in total. The quantitative estimate of drug-likeness (QED) is 0.530. The predicted octanol–water partition coefficient (Wildman–Crippen LogP) is 5.80. The molecule has 2 aromatic heterocycles. The normalized spacial score (nSPS) is 11.1. The summed E-state index contributed by atoms with van der Waals surface area (Å²) in [6.45, 7) is 6.18. The van der Waals surface area contributed by atoms with E-state index in [2.05, 4.69) is 31.3 Å². The van der Waals surface area contributed by atoms with Gasteiger partial charge in [0.15, 0.2) is 5.82 Å². The second kappa shape index (κ2) is 8.80. The Morgan fingerprint density at radius 1 is 1.11 bits per heavy atom. The largest absolute Gasteiger partial charge is 0.478 e.